The minimum atomic E-state index is 1.01. The van der Waals surface area contributed by atoms with Crippen molar-refractivity contribution in [3.63, 3.8) is 0 Å². The van der Waals surface area contributed by atoms with Crippen LogP contribution in [0.25, 0.3) is 0 Å². The molecule has 3 rings (SSSR count). The van der Waals surface area contributed by atoms with Crippen molar-refractivity contribution >= 4 is 29.1 Å². The van der Waals surface area contributed by atoms with Gasteiger partial charge in [-0.25, -0.2) is 4.99 Å². The minimum absolute atomic E-state index is 1.01. The molecule has 1 aromatic carbocycles. The zero-order valence-corrected chi connectivity index (χ0v) is 14.2. The molecule has 0 amide bonds. The van der Waals surface area contributed by atoms with Gasteiger partial charge in [0.25, 0.3) is 0 Å². The van der Waals surface area contributed by atoms with Gasteiger partial charge in [-0.05, 0) is 18.6 Å². The van der Waals surface area contributed by atoms with Crippen molar-refractivity contribution in [1.82, 2.24) is 10.2 Å². The second kappa shape index (κ2) is 7.77. The van der Waals surface area contributed by atoms with E-state index >= 15 is 0 Å². The third-order valence-corrected chi connectivity index (χ3v) is 5.15. The number of nitrogens with one attached hydrogen (secondary N) is 1. The highest BCUT2D eigenvalue weighted by atomic mass is 32.2. The number of rotatable bonds is 5. The van der Waals surface area contributed by atoms with Crippen molar-refractivity contribution in [1.29, 1.82) is 0 Å². The van der Waals surface area contributed by atoms with Gasteiger partial charge in [-0.2, -0.15) is 11.8 Å². The first kappa shape index (κ1) is 15.5. The highest BCUT2D eigenvalue weighted by Gasteiger charge is 2.19. The summed E-state index contributed by atoms with van der Waals surface area (Å²) >= 11 is 2.04. The fraction of sp³-hybridized carbons (Fsp3) is 0.588. The second-order valence-corrected chi connectivity index (χ2v) is 7.02. The summed E-state index contributed by atoms with van der Waals surface area (Å²) in [5, 5.41) is 3.45. The van der Waals surface area contributed by atoms with Crippen LogP contribution in [0.4, 0.5) is 11.4 Å². The van der Waals surface area contributed by atoms with Crippen LogP contribution < -0.4 is 10.2 Å². The molecule has 2 aliphatic heterocycles. The molecule has 2 heterocycles. The van der Waals surface area contributed by atoms with E-state index in [0.29, 0.717) is 0 Å². The maximum atomic E-state index is 4.95. The van der Waals surface area contributed by atoms with Gasteiger partial charge in [-0.15, -0.1) is 0 Å². The summed E-state index contributed by atoms with van der Waals surface area (Å²) in [4.78, 5) is 9.81. The molecule has 2 saturated heterocycles. The van der Waals surface area contributed by atoms with Crippen LogP contribution in [0.3, 0.4) is 0 Å². The number of thioether (sulfide) groups is 1. The summed E-state index contributed by atoms with van der Waals surface area (Å²) in [5.41, 5.74) is 2.37. The van der Waals surface area contributed by atoms with E-state index in [1.807, 2.05) is 11.8 Å². The molecule has 4 nitrogen and oxygen atoms in total. The molecular weight excluding hydrogens is 292 g/mol. The quantitative estimate of drug-likeness (QED) is 0.904. The van der Waals surface area contributed by atoms with E-state index in [4.69, 9.17) is 4.99 Å². The molecule has 0 bridgehead atoms. The lowest BCUT2D eigenvalue weighted by atomic mass is 10.2. The van der Waals surface area contributed by atoms with E-state index in [1.54, 1.807) is 0 Å². The Morgan fingerprint density at radius 1 is 1.18 bits per heavy atom. The molecule has 0 aliphatic carbocycles. The lowest BCUT2D eigenvalue weighted by molar-refractivity contribution is 0.447. The Hall–Kier alpha value is -1.36. The molecule has 1 aromatic rings. The molecule has 0 aromatic heterocycles. The smallest absolute Gasteiger partial charge is 0.199 e. The fourth-order valence-corrected chi connectivity index (χ4v) is 3.84. The Labute approximate surface area is 138 Å². The van der Waals surface area contributed by atoms with Crippen LogP contribution in [0, 0.1) is 0 Å². The molecular formula is C17H26N4S. The number of aliphatic imine (C=N–C) groups is 1. The fourth-order valence-electron chi connectivity index (χ4n) is 2.94. The van der Waals surface area contributed by atoms with Crippen LogP contribution in [0.5, 0.6) is 0 Å². The highest BCUT2D eigenvalue weighted by Crippen LogP contribution is 2.30. The normalized spacial score (nSPS) is 20.5. The van der Waals surface area contributed by atoms with Gasteiger partial charge in [-0.1, -0.05) is 25.5 Å². The predicted molar refractivity (Wildman–Crippen MR) is 97.6 cm³/mol. The number of benzene rings is 1. The number of guanidine groups is 1. The molecule has 0 radical (unpaired) electrons. The average molecular weight is 318 g/mol. The van der Waals surface area contributed by atoms with Crippen LogP contribution in [0.2, 0.25) is 0 Å². The predicted octanol–water partition coefficient (Wildman–Crippen LogP) is 2.93. The molecule has 5 heteroatoms. The third kappa shape index (κ3) is 3.69. The first-order chi connectivity index (χ1) is 10.9. The van der Waals surface area contributed by atoms with Crippen LogP contribution in [-0.4, -0.2) is 55.1 Å². The number of nitrogens with zero attached hydrogens (tertiary/aromatic N) is 3. The number of anilines is 1. The van der Waals surface area contributed by atoms with Crippen LogP contribution >= 0.6 is 11.8 Å². The van der Waals surface area contributed by atoms with E-state index in [2.05, 4.69) is 46.3 Å². The van der Waals surface area contributed by atoms with Crippen molar-refractivity contribution in [3.05, 3.63) is 24.3 Å². The van der Waals surface area contributed by atoms with Gasteiger partial charge >= 0.3 is 0 Å². The van der Waals surface area contributed by atoms with Crippen molar-refractivity contribution in [2.24, 2.45) is 4.99 Å². The Morgan fingerprint density at radius 2 is 2.00 bits per heavy atom. The molecule has 2 fully saturated rings. The summed E-state index contributed by atoms with van der Waals surface area (Å²) in [6.07, 6.45) is 2.46. The maximum Gasteiger partial charge on any atom is 0.199 e. The highest BCUT2D eigenvalue weighted by molar-refractivity contribution is 7.99. The Bertz CT molecular complexity index is 511. The van der Waals surface area contributed by atoms with Gasteiger partial charge in [0.05, 0.1) is 11.4 Å². The summed E-state index contributed by atoms with van der Waals surface area (Å²) in [6.45, 7) is 7.67. The largest absolute Gasteiger partial charge is 0.368 e. The molecule has 0 unspecified atom stereocenters. The molecule has 0 atom stereocenters. The Morgan fingerprint density at radius 3 is 2.82 bits per heavy atom. The van der Waals surface area contributed by atoms with Crippen molar-refractivity contribution in [2.75, 3.05) is 49.1 Å². The van der Waals surface area contributed by atoms with Crippen molar-refractivity contribution in [3.8, 4) is 0 Å². The Kier molecular flexibility index (Phi) is 5.48. The maximum absolute atomic E-state index is 4.95. The lowest BCUT2D eigenvalue weighted by Gasteiger charge is -2.29. The average Bonchev–Trinajstić information content (AvgIpc) is 3.01. The van der Waals surface area contributed by atoms with Gasteiger partial charge < -0.3 is 15.1 Å². The van der Waals surface area contributed by atoms with Crippen molar-refractivity contribution < 1.29 is 0 Å². The topological polar surface area (TPSA) is 30.9 Å². The number of para-hydroxylation sites is 2. The summed E-state index contributed by atoms with van der Waals surface area (Å²) in [6, 6.07) is 8.56. The number of hydrogen-bond donors (Lipinski definition) is 1. The molecule has 0 spiro atoms. The zero-order valence-electron chi connectivity index (χ0n) is 13.4. The van der Waals surface area contributed by atoms with E-state index in [0.717, 1.165) is 44.4 Å². The van der Waals surface area contributed by atoms with E-state index in [1.165, 1.54) is 30.0 Å². The van der Waals surface area contributed by atoms with Crippen LogP contribution in [0.1, 0.15) is 19.8 Å². The van der Waals surface area contributed by atoms with E-state index < -0.39 is 0 Å². The third-order valence-electron chi connectivity index (χ3n) is 4.21. The van der Waals surface area contributed by atoms with Gasteiger partial charge in [0.15, 0.2) is 5.96 Å². The summed E-state index contributed by atoms with van der Waals surface area (Å²) in [7, 11) is 0. The van der Waals surface area contributed by atoms with Gasteiger partial charge in [0.2, 0.25) is 0 Å². The molecule has 2 aliphatic rings. The molecule has 0 saturated carbocycles. The number of hydrogen-bond acceptors (Lipinski definition) is 3. The standard InChI is InChI=1S/C17H26N4S/c1-2-3-9-21-10-8-18-17(21)19-15-6-4-5-7-16(15)20-11-13-22-14-12-20/h4-7H,2-3,8-14H2,1H3,(H,18,19). The SMILES string of the molecule is CCCCN1CCNC1=Nc1ccccc1N1CCSCC1. The second-order valence-electron chi connectivity index (χ2n) is 5.79. The summed E-state index contributed by atoms with van der Waals surface area (Å²) in [5.74, 6) is 3.48. The van der Waals surface area contributed by atoms with Crippen LogP contribution in [0.15, 0.2) is 29.3 Å². The molecule has 1 N–H and O–H groups in total. The minimum Gasteiger partial charge on any atom is -0.368 e. The lowest BCUT2D eigenvalue weighted by Crippen LogP contribution is -2.33. The first-order valence-electron chi connectivity index (χ1n) is 8.37. The zero-order chi connectivity index (χ0) is 15.2. The van der Waals surface area contributed by atoms with Crippen LogP contribution in [-0.2, 0) is 0 Å². The van der Waals surface area contributed by atoms with Gasteiger partial charge in [0.1, 0.15) is 0 Å². The van der Waals surface area contributed by atoms with Gasteiger partial charge in [-0.3, -0.25) is 0 Å². The summed E-state index contributed by atoms with van der Waals surface area (Å²) < 4.78 is 0. The monoisotopic (exact) mass is 318 g/mol. The first-order valence-corrected chi connectivity index (χ1v) is 9.53. The van der Waals surface area contributed by atoms with Gasteiger partial charge in [0, 0.05) is 44.2 Å². The Balaban J connectivity index is 1.80. The van der Waals surface area contributed by atoms with Crippen molar-refractivity contribution in [2.45, 2.75) is 19.8 Å². The molecule has 120 valence electrons. The van der Waals surface area contributed by atoms with E-state index in [-0.39, 0.29) is 0 Å². The van der Waals surface area contributed by atoms with E-state index in [9.17, 15) is 0 Å². The molecule has 22 heavy (non-hydrogen) atoms. The number of unbranched alkanes of at least 4 members (excludes halogenated alkanes) is 1.